The molecule has 0 unspecified atom stereocenters. The Hall–Kier alpha value is -0.820. The molecule has 0 spiro atoms. The summed E-state index contributed by atoms with van der Waals surface area (Å²) >= 11 is 12.9. The Morgan fingerprint density at radius 1 is 1.21 bits per heavy atom. The molecule has 1 fully saturated rings. The van der Waals surface area contributed by atoms with Gasteiger partial charge in [-0.1, -0.05) is 23.2 Å². The second kappa shape index (κ2) is 6.09. The van der Waals surface area contributed by atoms with Crippen molar-refractivity contribution in [1.29, 1.82) is 0 Å². The van der Waals surface area contributed by atoms with Gasteiger partial charge in [0, 0.05) is 26.2 Å². The van der Waals surface area contributed by atoms with E-state index in [1.54, 1.807) is 11.0 Å². The average Bonchev–Trinajstić information content (AvgIpc) is 2.76. The Balaban J connectivity index is 2.00. The number of hydrogen-bond acceptors (Lipinski definition) is 4. The van der Waals surface area contributed by atoms with Crippen LogP contribution in [-0.4, -0.2) is 59.5 Å². The second-order valence-electron chi connectivity index (χ2n) is 4.07. The molecule has 104 valence electrons. The maximum atomic E-state index is 12.2. The van der Waals surface area contributed by atoms with Gasteiger partial charge >= 0.3 is 0 Å². The highest BCUT2D eigenvalue weighted by Gasteiger charge is 2.26. The molecule has 1 saturated heterocycles. The fourth-order valence-electron chi connectivity index (χ4n) is 1.92. The third kappa shape index (κ3) is 3.20. The van der Waals surface area contributed by atoms with Crippen molar-refractivity contribution in [1.82, 2.24) is 9.80 Å². The summed E-state index contributed by atoms with van der Waals surface area (Å²) in [7, 11) is 0. The van der Waals surface area contributed by atoms with E-state index in [-0.39, 0.29) is 11.8 Å². The lowest BCUT2D eigenvalue weighted by molar-refractivity contribution is -0.135. The Morgan fingerprint density at radius 2 is 1.79 bits per heavy atom. The van der Waals surface area contributed by atoms with Crippen LogP contribution in [0.3, 0.4) is 0 Å². The van der Waals surface area contributed by atoms with Gasteiger partial charge in [-0.05, 0) is 6.07 Å². The van der Waals surface area contributed by atoms with Crippen LogP contribution in [-0.2, 0) is 4.79 Å². The first-order valence-electron chi connectivity index (χ1n) is 5.65. The zero-order chi connectivity index (χ0) is 14.0. The van der Waals surface area contributed by atoms with Crippen molar-refractivity contribution in [3.8, 4) is 0 Å². The number of carbonyl (C=O) groups excluding carboxylic acids is 2. The van der Waals surface area contributed by atoms with Crippen molar-refractivity contribution in [2.45, 2.75) is 0 Å². The van der Waals surface area contributed by atoms with Crippen molar-refractivity contribution in [2.75, 3.05) is 32.8 Å². The lowest BCUT2D eigenvalue weighted by Gasteiger charge is -2.34. The minimum atomic E-state index is -0.500. The van der Waals surface area contributed by atoms with Gasteiger partial charge in [0.05, 0.1) is 9.90 Å². The van der Waals surface area contributed by atoms with Crippen LogP contribution in [0.15, 0.2) is 6.07 Å². The molecule has 8 heteroatoms. The molecule has 1 aliphatic heterocycles. The van der Waals surface area contributed by atoms with Gasteiger partial charge in [-0.3, -0.25) is 9.59 Å². The molecular weight excluding hydrogens is 311 g/mol. The Bertz CT molecular complexity index is 498. The van der Waals surface area contributed by atoms with Crippen molar-refractivity contribution in [3.05, 3.63) is 20.3 Å². The van der Waals surface area contributed by atoms with E-state index >= 15 is 0 Å². The van der Waals surface area contributed by atoms with Crippen LogP contribution in [0.25, 0.3) is 0 Å². The smallest absolute Gasteiger partial charge is 0.256 e. The van der Waals surface area contributed by atoms with Crippen LogP contribution in [0.4, 0.5) is 0 Å². The van der Waals surface area contributed by atoms with E-state index in [4.69, 9.17) is 28.3 Å². The molecule has 1 aromatic rings. The second-order valence-corrected chi connectivity index (χ2v) is 6.35. The first-order valence-corrected chi connectivity index (χ1v) is 7.23. The van der Waals surface area contributed by atoms with E-state index in [0.29, 0.717) is 40.4 Å². The number of rotatable bonds is 2. The normalized spacial score (nSPS) is 15.7. The highest BCUT2D eigenvalue weighted by molar-refractivity contribution is 7.20. The summed E-state index contributed by atoms with van der Waals surface area (Å²) in [6.45, 7) is 1.18. The molecule has 2 amide bonds. The maximum Gasteiger partial charge on any atom is 0.256 e. The average molecular weight is 323 g/mol. The van der Waals surface area contributed by atoms with Gasteiger partial charge in [0.2, 0.25) is 5.91 Å². The molecule has 0 bridgehead atoms. The summed E-state index contributed by atoms with van der Waals surface area (Å²) < 4.78 is 0.853. The topological polar surface area (TPSA) is 60.9 Å². The van der Waals surface area contributed by atoms with E-state index < -0.39 is 6.61 Å². The van der Waals surface area contributed by atoms with Crippen LogP contribution in [0.5, 0.6) is 0 Å². The van der Waals surface area contributed by atoms with Crippen LogP contribution in [0.1, 0.15) is 10.4 Å². The number of amides is 2. The summed E-state index contributed by atoms with van der Waals surface area (Å²) in [5, 5.41) is 8.78. The molecule has 19 heavy (non-hydrogen) atoms. The highest BCUT2D eigenvalue weighted by Crippen LogP contribution is 2.32. The van der Waals surface area contributed by atoms with Crippen molar-refractivity contribution in [2.24, 2.45) is 0 Å². The van der Waals surface area contributed by atoms with Gasteiger partial charge in [0.15, 0.2) is 0 Å². The predicted molar refractivity (Wildman–Crippen MR) is 73.9 cm³/mol. The van der Waals surface area contributed by atoms with Gasteiger partial charge < -0.3 is 14.9 Å². The largest absolute Gasteiger partial charge is 0.387 e. The Labute approximate surface area is 124 Å². The molecule has 0 atom stereocenters. The molecule has 0 aromatic carbocycles. The third-order valence-electron chi connectivity index (χ3n) is 2.94. The van der Waals surface area contributed by atoms with Gasteiger partial charge in [0.25, 0.3) is 5.91 Å². The number of aliphatic hydroxyl groups is 1. The van der Waals surface area contributed by atoms with E-state index in [0.717, 1.165) is 11.3 Å². The minimum absolute atomic E-state index is 0.177. The predicted octanol–water partition coefficient (Wildman–Crippen LogP) is 1.33. The summed E-state index contributed by atoms with van der Waals surface area (Å²) in [6, 6.07) is 1.56. The first-order chi connectivity index (χ1) is 9.02. The molecule has 2 rings (SSSR count). The molecule has 0 saturated carbocycles. The van der Waals surface area contributed by atoms with Gasteiger partial charge in [-0.15, -0.1) is 11.3 Å². The number of aliphatic hydroxyl groups excluding tert-OH is 1. The zero-order valence-electron chi connectivity index (χ0n) is 9.94. The highest BCUT2D eigenvalue weighted by atomic mass is 35.5. The SMILES string of the molecule is O=C(CO)N1CCN(C(=O)c2cc(Cl)sc2Cl)CC1. The van der Waals surface area contributed by atoms with Gasteiger partial charge in [-0.25, -0.2) is 0 Å². The molecule has 1 N–H and O–H groups in total. The monoisotopic (exact) mass is 322 g/mol. The van der Waals surface area contributed by atoms with Crippen LogP contribution >= 0.6 is 34.5 Å². The number of hydrogen-bond donors (Lipinski definition) is 1. The van der Waals surface area contributed by atoms with Crippen LogP contribution < -0.4 is 0 Å². The summed E-state index contributed by atoms with van der Waals surface area (Å²) in [6.07, 6.45) is 0. The standard InChI is InChI=1S/C11H12Cl2N2O3S/c12-8-5-7(10(13)19-8)11(18)15-3-1-14(2-4-15)9(17)6-16/h5,16H,1-4,6H2. The Kier molecular flexibility index (Phi) is 4.67. The van der Waals surface area contributed by atoms with E-state index in [1.807, 2.05) is 0 Å². The first kappa shape index (κ1) is 14.6. The molecule has 5 nitrogen and oxygen atoms in total. The van der Waals surface area contributed by atoms with Crippen molar-refractivity contribution < 1.29 is 14.7 Å². The fourth-order valence-corrected chi connectivity index (χ4v) is 3.36. The molecular formula is C11H12Cl2N2O3S. The molecule has 1 aromatic heterocycles. The summed E-state index contributed by atoms with van der Waals surface area (Å²) in [5.74, 6) is -0.493. The van der Waals surface area contributed by atoms with E-state index in [1.165, 1.54) is 4.90 Å². The Morgan fingerprint density at radius 3 is 2.26 bits per heavy atom. The number of piperazine rings is 1. The summed E-state index contributed by atoms with van der Waals surface area (Å²) in [4.78, 5) is 26.7. The molecule has 0 aliphatic carbocycles. The van der Waals surface area contributed by atoms with Gasteiger partial charge in [-0.2, -0.15) is 0 Å². The third-order valence-corrected chi connectivity index (χ3v) is 4.43. The molecule has 0 radical (unpaired) electrons. The van der Waals surface area contributed by atoms with E-state index in [2.05, 4.69) is 0 Å². The van der Waals surface area contributed by atoms with Crippen LogP contribution in [0, 0.1) is 0 Å². The number of nitrogens with zero attached hydrogens (tertiary/aromatic N) is 2. The summed E-state index contributed by atoms with van der Waals surface area (Å²) in [5.41, 5.74) is 0.401. The van der Waals surface area contributed by atoms with Crippen LogP contribution in [0.2, 0.25) is 8.67 Å². The fraction of sp³-hybridized carbons (Fsp3) is 0.455. The van der Waals surface area contributed by atoms with E-state index in [9.17, 15) is 9.59 Å². The maximum absolute atomic E-state index is 12.2. The molecule has 1 aliphatic rings. The quantitative estimate of drug-likeness (QED) is 0.893. The lowest BCUT2D eigenvalue weighted by Crippen LogP contribution is -2.51. The minimum Gasteiger partial charge on any atom is -0.387 e. The number of carbonyl (C=O) groups is 2. The van der Waals surface area contributed by atoms with Crippen molar-refractivity contribution in [3.63, 3.8) is 0 Å². The number of halogens is 2. The zero-order valence-corrected chi connectivity index (χ0v) is 12.3. The molecule has 2 heterocycles. The van der Waals surface area contributed by atoms with Crippen molar-refractivity contribution >= 4 is 46.4 Å². The lowest BCUT2D eigenvalue weighted by atomic mass is 10.2. The van der Waals surface area contributed by atoms with Gasteiger partial charge in [0.1, 0.15) is 10.9 Å². The number of thiophene rings is 1.